The molecular formula is C34H32F3NO2. The fourth-order valence-electron chi connectivity index (χ4n) is 6.41. The van der Waals surface area contributed by atoms with Crippen molar-refractivity contribution < 1.29 is 23.1 Å². The molecule has 3 aromatic rings. The standard InChI is InChI=1S/C34H32F3NO2/c35-31(36)15-16-38-19-22(20-38)17-21-7-9-24(10-8-21)32-27-13-12-26(34(39)40)18-25(27)4-2-6-29(32)30-14-11-23-3-1-5-28(23)33(30)37/h7-14,17-18,31H,1-6,15-16,19-20H2,(H,39,40). The van der Waals surface area contributed by atoms with Crippen molar-refractivity contribution >= 4 is 23.2 Å². The maximum Gasteiger partial charge on any atom is 0.335 e. The van der Waals surface area contributed by atoms with E-state index >= 15 is 4.39 Å². The molecule has 0 bridgehead atoms. The molecular weight excluding hydrogens is 511 g/mol. The summed E-state index contributed by atoms with van der Waals surface area (Å²) in [5.41, 5.74) is 9.91. The molecule has 6 heteroatoms. The molecule has 1 saturated heterocycles. The van der Waals surface area contributed by atoms with Gasteiger partial charge in [-0.3, -0.25) is 4.90 Å². The van der Waals surface area contributed by atoms with Crippen LogP contribution in [-0.4, -0.2) is 42.0 Å². The first kappa shape index (κ1) is 26.6. The number of hydrogen-bond donors (Lipinski definition) is 1. The van der Waals surface area contributed by atoms with Gasteiger partial charge in [0, 0.05) is 31.6 Å². The third-order valence-corrected chi connectivity index (χ3v) is 8.42. The van der Waals surface area contributed by atoms with Crippen molar-refractivity contribution in [2.45, 2.75) is 51.4 Å². The zero-order valence-electron chi connectivity index (χ0n) is 22.4. The minimum absolute atomic E-state index is 0.0976. The Kier molecular flexibility index (Phi) is 7.37. The molecule has 1 aliphatic heterocycles. The van der Waals surface area contributed by atoms with Gasteiger partial charge in [-0.1, -0.05) is 48.5 Å². The fraction of sp³-hybridized carbons (Fsp3) is 0.324. The summed E-state index contributed by atoms with van der Waals surface area (Å²) in [6.07, 6.45) is 4.62. The Bertz CT molecular complexity index is 1510. The molecule has 0 amide bonds. The predicted octanol–water partition coefficient (Wildman–Crippen LogP) is 7.66. The van der Waals surface area contributed by atoms with E-state index in [1.165, 1.54) is 5.57 Å². The van der Waals surface area contributed by atoms with Gasteiger partial charge in [0.2, 0.25) is 6.43 Å². The smallest absolute Gasteiger partial charge is 0.335 e. The molecule has 0 radical (unpaired) electrons. The van der Waals surface area contributed by atoms with Crippen LogP contribution in [-0.2, 0) is 19.3 Å². The predicted molar refractivity (Wildman–Crippen MR) is 152 cm³/mol. The second-order valence-electron chi connectivity index (χ2n) is 11.1. The van der Waals surface area contributed by atoms with Crippen LogP contribution >= 0.6 is 0 Å². The van der Waals surface area contributed by atoms with E-state index in [2.05, 4.69) is 24.3 Å². The van der Waals surface area contributed by atoms with E-state index in [0.717, 1.165) is 76.6 Å². The lowest BCUT2D eigenvalue weighted by atomic mass is 9.86. The molecule has 2 aliphatic carbocycles. The van der Waals surface area contributed by atoms with Crippen LogP contribution in [0.15, 0.2) is 60.2 Å². The van der Waals surface area contributed by atoms with Crippen LogP contribution in [0.3, 0.4) is 0 Å². The molecule has 1 N–H and O–H groups in total. The Labute approximate surface area is 232 Å². The number of fused-ring (bicyclic) bond motifs is 2. The minimum Gasteiger partial charge on any atom is -0.478 e. The summed E-state index contributed by atoms with van der Waals surface area (Å²) in [5, 5.41) is 9.59. The van der Waals surface area contributed by atoms with E-state index < -0.39 is 12.4 Å². The Morgan fingerprint density at radius 1 is 0.900 bits per heavy atom. The highest BCUT2D eigenvalue weighted by Gasteiger charge is 2.26. The molecule has 206 valence electrons. The van der Waals surface area contributed by atoms with Crippen LogP contribution in [0.1, 0.15) is 75.0 Å². The average Bonchev–Trinajstić information content (AvgIpc) is 3.32. The van der Waals surface area contributed by atoms with Crippen molar-refractivity contribution in [3.05, 3.63) is 110 Å². The van der Waals surface area contributed by atoms with E-state index in [1.54, 1.807) is 12.1 Å². The lowest BCUT2D eigenvalue weighted by Gasteiger charge is -2.34. The summed E-state index contributed by atoms with van der Waals surface area (Å²) < 4.78 is 40.9. The highest BCUT2D eigenvalue weighted by Crippen LogP contribution is 2.42. The van der Waals surface area contributed by atoms with Crippen LogP contribution in [0, 0.1) is 5.82 Å². The molecule has 0 unspecified atom stereocenters. The number of carbonyl (C=O) groups is 1. The van der Waals surface area contributed by atoms with Crippen molar-refractivity contribution in [3.63, 3.8) is 0 Å². The normalized spacial score (nSPS) is 16.9. The SMILES string of the molecule is O=C(O)c1ccc2c(c1)CCCC(c1ccc3c(c1F)CCC3)=C2c1ccc(C=C2CN(CCC(F)F)C2)cc1. The van der Waals surface area contributed by atoms with Gasteiger partial charge in [-0.05, 0) is 101 Å². The first-order valence-corrected chi connectivity index (χ1v) is 14.1. The van der Waals surface area contributed by atoms with E-state index in [-0.39, 0.29) is 17.8 Å². The number of carboxylic acid groups (broad SMARTS) is 1. The summed E-state index contributed by atoms with van der Waals surface area (Å²) in [6.45, 7) is 1.83. The van der Waals surface area contributed by atoms with E-state index in [4.69, 9.17) is 0 Å². The number of alkyl halides is 2. The van der Waals surface area contributed by atoms with Crippen molar-refractivity contribution in [2.75, 3.05) is 19.6 Å². The number of aromatic carboxylic acids is 1. The number of nitrogens with zero attached hydrogens (tertiary/aromatic N) is 1. The van der Waals surface area contributed by atoms with Crippen LogP contribution < -0.4 is 0 Å². The number of allylic oxidation sites excluding steroid dienone is 1. The second kappa shape index (κ2) is 11.1. The van der Waals surface area contributed by atoms with Gasteiger partial charge in [0.05, 0.1) is 5.56 Å². The van der Waals surface area contributed by atoms with Gasteiger partial charge in [0.15, 0.2) is 0 Å². The summed E-state index contributed by atoms with van der Waals surface area (Å²) in [7, 11) is 0. The van der Waals surface area contributed by atoms with E-state index in [0.29, 0.717) is 31.6 Å². The topological polar surface area (TPSA) is 40.5 Å². The number of rotatable bonds is 7. The third-order valence-electron chi connectivity index (χ3n) is 8.42. The summed E-state index contributed by atoms with van der Waals surface area (Å²) >= 11 is 0. The summed E-state index contributed by atoms with van der Waals surface area (Å²) in [5.74, 6) is -1.07. The number of likely N-dealkylation sites (tertiary alicyclic amines) is 1. The monoisotopic (exact) mass is 543 g/mol. The van der Waals surface area contributed by atoms with Crippen molar-refractivity contribution in [2.24, 2.45) is 0 Å². The Morgan fingerprint density at radius 2 is 1.62 bits per heavy atom. The number of aryl methyl sites for hydroxylation is 2. The van der Waals surface area contributed by atoms with Gasteiger partial charge in [-0.25, -0.2) is 18.0 Å². The number of halogens is 3. The largest absolute Gasteiger partial charge is 0.478 e. The fourth-order valence-corrected chi connectivity index (χ4v) is 6.41. The summed E-state index contributed by atoms with van der Waals surface area (Å²) in [4.78, 5) is 13.7. The van der Waals surface area contributed by atoms with Crippen molar-refractivity contribution in [3.8, 4) is 0 Å². The third kappa shape index (κ3) is 5.25. The highest BCUT2D eigenvalue weighted by molar-refractivity contribution is 6.01. The Balaban J connectivity index is 1.39. The Morgan fingerprint density at radius 3 is 2.38 bits per heavy atom. The Hall–Kier alpha value is -3.64. The van der Waals surface area contributed by atoms with Gasteiger partial charge in [0.25, 0.3) is 0 Å². The van der Waals surface area contributed by atoms with Crippen LogP contribution in [0.2, 0.25) is 0 Å². The second-order valence-corrected chi connectivity index (χ2v) is 11.1. The molecule has 0 aromatic heterocycles. The van der Waals surface area contributed by atoms with Crippen molar-refractivity contribution in [1.82, 2.24) is 4.90 Å². The lowest BCUT2D eigenvalue weighted by molar-refractivity contribution is 0.0696. The molecule has 40 heavy (non-hydrogen) atoms. The molecule has 0 atom stereocenters. The van der Waals surface area contributed by atoms with E-state index in [9.17, 15) is 18.7 Å². The molecule has 3 nitrogen and oxygen atoms in total. The summed E-state index contributed by atoms with van der Waals surface area (Å²) in [6, 6.07) is 17.5. The minimum atomic E-state index is -2.27. The maximum absolute atomic E-state index is 15.9. The van der Waals surface area contributed by atoms with Gasteiger partial charge in [-0.15, -0.1) is 0 Å². The van der Waals surface area contributed by atoms with Crippen molar-refractivity contribution in [1.29, 1.82) is 0 Å². The number of hydrogen-bond acceptors (Lipinski definition) is 2. The van der Waals surface area contributed by atoms with Crippen LogP contribution in [0.25, 0.3) is 17.2 Å². The number of carboxylic acids is 1. The quantitative estimate of drug-likeness (QED) is 0.333. The molecule has 1 heterocycles. The average molecular weight is 544 g/mol. The van der Waals surface area contributed by atoms with Gasteiger partial charge < -0.3 is 5.11 Å². The lowest BCUT2D eigenvalue weighted by Crippen LogP contribution is -2.40. The molecule has 0 spiro atoms. The van der Waals surface area contributed by atoms with E-state index in [1.807, 2.05) is 29.2 Å². The van der Waals surface area contributed by atoms with Gasteiger partial charge >= 0.3 is 5.97 Å². The maximum atomic E-state index is 15.9. The van der Waals surface area contributed by atoms with Crippen LogP contribution in [0.4, 0.5) is 13.2 Å². The zero-order chi connectivity index (χ0) is 27.8. The van der Waals surface area contributed by atoms with Gasteiger partial charge in [-0.2, -0.15) is 0 Å². The molecule has 3 aromatic carbocycles. The van der Waals surface area contributed by atoms with Crippen LogP contribution in [0.5, 0.6) is 0 Å². The first-order chi connectivity index (χ1) is 19.4. The molecule has 3 aliphatic rings. The molecule has 6 rings (SSSR count). The number of benzene rings is 3. The molecule has 0 saturated carbocycles. The van der Waals surface area contributed by atoms with Gasteiger partial charge in [0.1, 0.15) is 5.82 Å². The molecule has 1 fully saturated rings. The first-order valence-electron chi connectivity index (χ1n) is 14.1. The highest BCUT2D eigenvalue weighted by atomic mass is 19.3. The zero-order valence-corrected chi connectivity index (χ0v) is 22.4.